The molecule has 36 heteroatoms. The molecule has 10 heterocycles. The fourth-order valence-corrected chi connectivity index (χ4v) is 17.6. The number of unbranched alkanes of at least 4 members (excludes halogenated alkanes) is 2. The number of anilines is 8. The Bertz CT molecular complexity index is 7740. The first-order valence-electron chi connectivity index (χ1n) is 47.1. The van der Waals surface area contributed by atoms with Gasteiger partial charge in [-0.25, -0.2) is 54.8 Å². The molecule has 148 heavy (non-hydrogen) atoms. The number of thioether (sulfide) groups is 1. The molecule has 10 aromatic carbocycles. The van der Waals surface area contributed by atoms with Gasteiger partial charge < -0.3 is 48.6 Å². The van der Waals surface area contributed by atoms with Crippen LogP contribution in [0.4, 0.5) is 46.0 Å². The number of aliphatic carboxylic acids is 1. The highest BCUT2D eigenvalue weighted by Gasteiger charge is 2.41. The number of oxime groups is 2. The molecule has 0 bridgehead atoms. The highest BCUT2D eigenvalue weighted by Crippen LogP contribution is 2.44. The van der Waals surface area contributed by atoms with Gasteiger partial charge in [0.25, 0.3) is 5.91 Å². The van der Waals surface area contributed by atoms with Crippen molar-refractivity contribution in [2.45, 2.75) is 126 Å². The molecule has 0 saturated carbocycles. The minimum absolute atomic E-state index is 0.0116. The molecule has 16 aromatic rings. The van der Waals surface area contributed by atoms with Crippen molar-refractivity contribution < 1.29 is 59.0 Å². The molecule has 4 aliphatic heterocycles. The second kappa shape index (κ2) is 46.2. The number of carboxylic acid groups (broad SMARTS) is 1. The maximum absolute atomic E-state index is 13.1. The lowest BCUT2D eigenvalue weighted by Gasteiger charge is -2.20. The summed E-state index contributed by atoms with van der Waals surface area (Å²) in [5, 5.41) is 60.5. The average molecular weight is 2000 g/mol. The van der Waals surface area contributed by atoms with Gasteiger partial charge in [0.15, 0.2) is 57.3 Å². The number of amides is 5. The van der Waals surface area contributed by atoms with Crippen LogP contribution in [0.3, 0.4) is 0 Å². The molecule has 0 unspecified atom stereocenters. The number of para-hydroxylation sites is 4. The number of nitrogens with one attached hydrogen (secondary N) is 2. The standard InChI is InChI=1S/C26H28N4O.C22H20N4O2.C21H17N5O3S.2C21H19N5O2.CO2/c1-4-5-6-10-21(27)24-20-16-23(31)30(22-11-8-7-9-18(22)3)26(20)29-25(28-24)19-14-12-17(2)13-15-19;1-13-3-7-15(8-4-13)21-24-20(18(23)12-27)17-11-19(28)26(22(17)25-21)16-9-5-14(2)6-10-16;1-12-7-9-13(10-8-12)19-23-16(18(22)29)17-20(25-19)26(14-5-3-2-4-6-14)21(24-17)30-11-15(27)28;2*1-12-7-9-14(10-8-12)20-23-18(19(22)25-28)15-11-17(27)26(21(15)24-20)16-6-4-3-5-13(16)2;2-1-3/h7-9,11-15,27H,4-6,10,16H2,1-3H3;3-10,23,27H,11-12H2,1-2H3;2-10H,11H2,1H3,(H2,22,29)(H,27,28);2*3-10,28H,11H2,1-2H3,(H2,22,25);. The van der Waals surface area contributed by atoms with E-state index in [1.807, 2.05) is 311 Å². The molecule has 0 saturated heterocycles. The van der Waals surface area contributed by atoms with Crippen molar-refractivity contribution in [2.24, 2.45) is 27.5 Å². The molecule has 0 atom stereocenters. The molecule has 12 N–H and O–H groups in total. The van der Waals surface area contributed by atoms with Gasteiger partial charge in [0.2, 0.25) is 23.6 Å². The fourth-order valence-electron chi connectivity index (χ4n) is 16.9. The van der Waals surface area contributed by atoms with Crippen LogP contribution in [0, 0.1) is 73.1 Å². The number of carbonyl (C=O) groups is 6. The van der Waals surface area contributed by atoms with Crippen molar-refractivity contribution in [3.05, 3.63) is 350 Å². The van der Waals surface area contributed by atoms with Crippen molar-refractivity contribution in [3.8, 4) is 62.6 Å². The number of nitrogens with two attached hydrogens (primary N) is 3. The number of imidazole rings is 1. The lowest BCUT2D eigenvalue weighted by Crippen LogP contribution is -2.22. The predicted molar refractivity (Wildman–Crippen MR) is 566 cm³/mol. The summed E-state index contributed by atoms with van der Waals surface area (Å²) in [7, 11) is 0. The maximum atomic E-state index is 13.1. The number of carbonyl (C=O) groups excluding carboxylic acids is 7. The smallest absolute Gasteiger partial charge is 0.373 e. The van der Waals surface area contributed by atoms with Crippen molar-refractivity contribution >= 4 is 134 Å². The molecule has 6 aromatic heterocycles. The zero-order valence-electron chi connectivity index (χ0n) is 82.5. The molecule has 0 aliphatic carbocycles. The SMILES string of the molecule is CCCCCC(=N)c1nc(-c2ccc(C)cc2)nc2c1CC(=O)N2c1ccccc1C.Cc1ccc(-c2nc(/C(N)=N\O)c3c(n2)N(c2ccccc2C)C(=O)C3)cc1.Cc1ccc(-c2nc(C(=N)CO)c3c(n2)N(c2ccc(C)cc2)C(=O)C3)cc1.Cc1ccc(-c2nc(C(N)=NO)c3c(n2)N(c2ccccc2C)C(=O)C3)cc1.Cc1ccc(-c2nc(C(N)=O)c3nc(SCC(=O)O)n(-c4ccccc4)c3n2)cc1.O=C=O. The Morgan fingerprint density at radius 1 is 0.378 bits per heavy atom. The van der Waals surface area contributed by atoms with Gasteiger partial charge in [-0.2, -0.15) is 9.59 Å². The van der Waals surface area contributed by atoms with Crippen LogP contribution >= 0.6 is 11.8 Å². The average Bonchev–Trinajstić information content (AvgIpc) is 1.60. The Morgan fingerprint density at radius 3 is 1.01 bits per heavy atom. The second-order valence-corrected chi connectivity index (χ2v) is 36.2. The van der Waals surface area contributed by atoms with Gasteiger partial charge in [0.1, 0.15) is 40.2 Å². The summed E-state index contributed by atoms with van der Waals surface area (Å²) >= 11 is 1.03. The summed E-state index contributed by atoms with van der Waals surface area (Å²) in [6.45, 7) is 19.6. The third-order valence-corrected chi connectivity index (χ3v) is 25.4. The van der Waals surface area contributed by atoms with E-state index in [0.717, 1.165) is 143 Å². The molecule has 0 spiro atoms. The second-order valence-electron chi connectivity index (χ2n) is 35.2. The molecular weight excluding hydrogens is 1890 g/mol. The van der Waals surface area contributed by atoms with Gasteiger partial charge in [0, 0.05) is 55.8 Å². The summed E-state index contributed by atoms with van der Waals surface area (Å²) in [5.41, 5.74) is 39.7. The van der Waals surface area contributed by atoms with E-state index in [2.05, 4.69) is 62.1 Å². The van der Waals surface area contributed by atoms with Crippen molar-refractivity contribution in [1.29, 1.82) is 10.8 Å². The summed E-state index contributed by atoms with van der Waals surface area (Å²) in [6, 6.07) is 78.8. The number of rotatable bonds is 23. The lowest BCUT2D eigenvalue weighted by molar-refractivity contribution is -0.191. The van der Waals surface area contributed by atoms with Crippen molar-refractivity contribution in [2.75, 3.05) is 32.0 Å². The number of aliphatic hydroxyl groups excluding tert-OH is 1. The van der Waals surface area contributed by atoms with Gasteiger partial charge in [-0.3, -0.25) is 52.9 Å². The third-order valence-electron chi connectivity index (χ3n) is 24.5. The number of carboxylic acids is 1. The number of nitrogens with zero attached hydrogens (tertiary/aromatic N) is 18. The van der Waals surface area contributed by atoms with E-state index in [-0.39, 0.29) is 101 Å². The largest absolute Gasteiger partial charge is 0.481 e. The highest BCUT2D eigenvalue weighted by atomic mass is 32.2. The van der Waals surface area contributed by atoms with Crippen LogP contribution in [0.5, 0.6) is 0 Å². The van der Waals surface area contributed by atoms with E-state index in [0.29, 0.717) is 103 Å². The van der Waals surface area contributed by atoms with Crippen LogP contribution < -0.4 is 36.8 Å². The van der Waals surface area contributed by atoms with E-state index in [1.54, 1.807) is 24.2 Å². The van der Waals surface area contributed by atoms with Gasteiger partial charge in [-0.15, -0.1) is 0 Å². The first kappa shape index (κ1) is 104. The topological polar surface area (TPSA) is 528 Å². The number of aromatic nitrogens is 12. The minimum atomic E-state index is -0.978. The van der Waals surface area contributed by atoms with Crippen LogP contribution in [0.15, 0.2) is 264 Å². The maximum Gasteiger partial charge on any atom is 0.373 e. The summed E-state index contributed by atoms with van der Waals surface area (Å²) < 4.78 is 1.72. The predicted octanol–water partition coefficient (Wildman–Crippen LogP) is 17.9. The first-order valence-corrected chi connectivity index (χ1v) is 48.1. The zero-order valence-corrected chi connectivity index (χ0v) is 83.3. The monoisotopic (exact) mass is 1990 g/mol. The van der Waals surface area contributed by atoms with Gasteiger partial charge in [-0.1, -0.05) is 281 Å². The normalized spacial score (nSPS) is 12.6. The number of fused-ring (bicyclic) bond motifs is 5. The lowest BCUT2D eigenvalue weighted by atomic mass is 10.0. The molecule has 20 rings (SSSR count). The molecule has 35 nitrogen and oxygen atoms in total. The first-order chi connectivity index (χ1) is 71.3. The number of amidine groups is 2. The number of hydrogen-bond acceptors (Lipinski definition) is 27. The summed E-state index contributed by atoms with van der Waals surface area (Å²) in [6.07, 6.45) is 4.54. The molecule has 0 fully saturated rings. The fraction of sp³-hybridized carbons (Fsp3) is 0.179. The highest BCUT2D eigenvalue weighted by molar-refractivity contribution is 7.99. The molecule has 4 aliphatic rings. The Labute approximate surface area is 855 Å². The number of primary amides is 1. The quantitative estimate of drug-likeness (QED) is 0.00717. The minimum Gasteiger partial charge on any atom is -0.481 e. The van der Waals surface area contributed by atoms with Gasteiger partial charge in [-0.05, 0) is 134 Å². The number of hydrogen-bond donors (Lipinski definition) is 9. The van der Waals surface area contributed by atoms with Gasteiger partial charge in [0.05, 0.1) is 83.6 Å². The van der Waals surface area contributed by atoms with Crippen LogP contribution in [0.25, 0.3) is 73.8 Å². The third kappa shape index (κ3) is 22.9. The number of benzene rings is 10. The Balaban J connectivity index is 0.000000138. The zero-order chi connectivity index (χ0) is 105. The Morgan fingerprint density at radius 2 is 0.682 bits per heavy atom. The molecule has 5 amide bonds. The van der Waals surface area contributed by atoms with Crippen molar-refractivity contribution in [1.82, 2.24) is 59.4 Å². The molecular formula is C112H103N23O12S. The number of aryl methyl sites for hydroxylation is 9. The summed E-state index contributed by atoms with van der Waals surface area (Å²) in [4.78, 5) is 148. The summed E-state index contributed by atoms with van der Waals surface area (Å²) in [5.74, 6) is 1.55. The van der Waals surface area contributed by atoms with E-state index < -0.39 is 18.5 Å². The molecule has 0 radical (unpaired) electrons. The van der Waals surface area contributed by atoms with E-state index >= 15 is 0 Å². The molecule has 744 valence electrons. The Hall–Kier alpha value is -18.5. The van der Waals surface area contributed by atoms with Crippen LogP contribution in [-0.2, 0) is 59.2 Å². The van der Waals surface area contributed by atoms with Gasteiger partial charge >= 0.3 is 12.1 Å². The van der Waals surface area contributed by atoms with E-state index in [9.17, 15) is 44.3 Å². The van der Waals surface area contributed by atoms with Crippen molar-refractivity contribution in [3.63, 3.8) is 0 Å². The van der Waals surface area contributed by atoms with Crippen LogP contribution in [-0.4, -0.2) is 157 Å². The number of aliphatic hydroxyl groups is 1. The van der Waals surface area contributed by atoms with E-state index in [4.69, 9.17) is 52.7 Å². The van der Waals surface area contributed by atoms with E-state index in [1.165, 1.54) is 0 Å². The van der Waals surface area contributed by atoms with Crippen LogP contribution in [0.1, 0.15) is 138 Å². The Kier molecular flexibility index (Phi) is 32.4. The van der Waals surface area contributed by atoms with Crippen LogP contribution in [0.2, 0.25) is 0 Å².